The van der Waals surface area contributed by atoms with Gasteiger partial charge in [-0.2, -0.15) is 0 Å². The zero-order valence-electron chi connectivity index (χ0n) is 10.1. The van der Waals surface area contributed by atoms with Gasteiger partial charge in [0.25, 0.3) is 0 Å². The second-order valence-electron chi connectivity index (χ2n) is 4.61. The topological polar surface area (TPSA) is 33.4 Å². The first-order chi connectivity index (χ1) is 9.38. The maximum Gasteiger partial charge on any atom is 0.327 e. The normalized spacial score (nSPS) is 11.4. The van der Waals surface area contributed by atoms with E-state index in [2.05, 4.69) is 24.3 Å². The van der Waals surface area contributed by atoms with Crippen molar-refractivity contribution in [2.24, 2.45) is 0 Å². The molecule has 0 aliphatic carbocycles. The highest BCUT2D eigenvalue weighted by molar-refractivity contribution is 6.51. The lowest BCUT2D eigenvalue weighted by Crippen LogP contribution is -2.13. The molecule has 1 N–H and O–H groups in total. The fraction of sp³-hybridized carbons (Fsp3) is 0. The van der Waals surface area contributed by atoms with E-state index in [1.165, 1.54) is 0 Å². The average molecular weight is 245 g/mol. The third kappa shape index (κ3) is 1.42. The van der Waals surface area contributed by atoms with Gasteiger partial charge in [-0.3, -0.25) is 0 Å². The van der Waals surface area contributed by atoms with Crippen LogP contribution in [0.1, 0.15) is 0 Å². The molecule has 0 atom stereocenters. The Labute approximate surface area is 110 Å². The lowest BCUT2D eigenvalue weighted by molar-refractivity contribution is 0.615. The minimum absolute atomic E-state index is 0.784. The van der Waals surface area contributed by atoms with Crippen molar-refractivity contribution in [3.63, 3.8) is 0 Å². The monoisotopic (exact) mass is 245 g/mol. The molecule has 0 saturated carbocycles. The van der Waals surface area contributed by atoms with E-state index in [-0.39, 0.29) is 0 Å². The number of fused-ring (bicyclic) bond motifs is 5. The zero-order chi connectivity index (χ0) is 12.8. The van der Waals surface area contributed by atoms with Crippen molar-refractivity contribution in [1.82, 2.24) is 0 Å². The van der Waals surface area contributed by atoms with E-state index < -0.39 is 0 Å². The van der Waals surface area contributed by atoms with Gasteiger partial charge in [-0.25, -0.2) is 0 Å². The quantitative estimate of drug-likeness (QED) is 0.523. The van der Waals surface area contributed by atoms with Crippen molar-refractivity contribution < 1.29 is 9.44 Å². The second kappa shape index (κ2) is 3.87. The fourth-order valence-corrected chi connectivity index (χ4v) is 2.69. The first-order valence-corrected chi connectivity index (χ1v) is 6.19. The van der Waals surface area contributed by atoms with Crippen LogP contribution in [0, 0.1) is 0 Å². The standard InChI is InChI=1S/C16H10BO2/c18-17-13-6-3-7-14-15(13)12-9-8-10-4-1-2-5-11(10)16(12)19-14/h1-9,18H. The molecule has 2 nitrogen and oxygen atoms in total. The predicted octanol–water partition coefficient (Wildman–Crippen LogP) is 2.98. The van der Waals surface area contributed by atoms with Crippen LogP contribution in [-0.2, 0) is 0 Å². The predicted molar refractivity (Wildman–Crippen MR) is 78.8 cm³/mol. The molecule has 3 aromatic carbocycles. The van der Waals surface area contributed by atoms with E-state index in [9.17, 15) is 5.02 Å². The second-order valence-corrected chi connectivity index (χ2v) is 4.61. The number of rotatable bonds is 1. The summed E-state index contributed by atoms with van der Waals surface area (Å²) < 4.78 is 5.98. The number of hydrogen-bond donors (Lipinski definition) is 1. The van der Waals surface area contributed by atoms with E-state index in [0.717, 1.165) is 45.7 Å². The van der Waals surface area contributed by atoms with Gasteiger partial charge in [0.05, 0.1) is 0 Å². The van der Waals surface area contributed by atoms with Crippen LogP contribution >= 0.6 is 0 Å². The van der Waals surface area contributed by atoms with Gasteiger partial charge in [-0.15, -0.1) is 0 Å². The van der Waals surface area contributed by atoms with Crippen molar-refractivity contribution in [2.45, 2.75) is 0 Å². The summed E-state index contributed by atoms with van der Waals surface area (Å²) in [5.41, 5.74) is 2.46. The third-order valence-corrected chi connectivity index (χ3v) is 3.56. The molecule has 0 saturated heterocycles. The third-order valence-electron chi connectivity index (χ3n) is 3.56. The number of hydrogen-bond acceptors (Lipinski definition) is 2. The maximum absolute atomic E-state index is 9.36. The van der Waals surface area contributed by atoms with Gasteiger partial charge in [0.2, 0.25) is 0 Å². The van der Waals surface area contributed by atoms with Crippen LogP contribution in [0.15, 0.2) is 59.0 Å². The van der Waals surface area contributed by atoms with Crippen LogP contribution < -0.4 is 5.46 Å². The Bertz CT molecular complexity index is 908. The summed E-state index contributed by atoms with van der Waals surface area (Å²) in [4.78, 5) is 0. The van der Waals surface area contributed by atoms with Crippen molar-refractivity contribution in [3.8, 4) is 0 Å². The van der Waals surface area contributed by atoms with Crippen LogP contribution in [0.4, 0.5) is 0 Å². The Morgan fingerprint density at radius 3 is 2.63 bits per heavy atom. The summed E-state index contributed by atoms with van der Waals surface area (Å²) in [6, 6.07) is 18.0. The molecular weight excluding hydrogens is 235 g/mol. The molecule has 3 heteroatoms. The Morgan fingerprint density at radius 2 is 1.74 bits per heavy atom. The van der Waals surface area contributed by atoms with Crippen LogP contribution in [0.3, 0.4) is 0 Å². The van der Waals surface area contributed by atoms with Gasteiger partial charge >= 0.3 is 7.48 Å². The molecule has 19 heavy (non-hydrogen) atoms. The van der Waals surface area contributed by atoms with E-state index in [1.54, 1.807) is 0 Å². The van der Waals surface area contributed by atoms with Gasteiger partial charge in [-0.1, -0.05) is 42.5 Å². The summed E-state index contributed by atoms with van der Waals surface area (Å²) in [7, 11) is 1.13. The Morgan fingerprint density at radius 1 is 0.842 bits per heavy atom. The summed E-state index contributed by atoms with van der Waals surface area (Å²) in [6.45, 7) is 0. The first kappa shape index (κ1) is 10.6. The van der Waals surface area contributed by atoms with E-state index in [0.29, 0.717) is 0 Å². The van der Waals surface area contributed by atoms with Gasteiger partial charge in [0, 0.05) is 16.2 Å². The van der Waals surface area contributed by atoms with Crippen LogP contribution in [0.25, 0.3) is 32.7 Å². The van der Waals surface area contributed by atoms with Gasteiger partial charge in [0.15, 0.2) is 0 Å². The van der Waals surface area contributed by atoms with Crippen molar-refractivity contribution >= 4 is 45.7 Å². The Hall–Kier alpha value is -2.26. The highest BCUT2D eigenvalue weighted by Crippen LogP contribution is 2.32. The first-order valence-electron chi connectivity index (χ1n) is 6.19. The molecule has 0 aliphatic rings. The van der Waals surface area contributed by atoms with E-state index in [1.807, 2.05) is 30.3 Å². The Balaban J connectivity index is 2.28. The van der Waals surface area contributed by atoms with E-state index >= 15 is 0 Å². The Kier molecular flexibility index (Phi) is 2.17. The summed E-state index contributed by atoms with van der Waals surface area (Å²) in [6.07, 6.45) is 0. The highest BCUT2D eigenvalue weighted by atomic mass is 16.3. The van der Waals surface area contributed by atoms with Crippen LogP contribution in [-0.4, -0.2) is 12.5 Å². The molecule has 0 amide bonds. The number of furan rings is 1. The van der Waals surface area contributed by atoms with Crippen LogP contribution in [0.5, 0.6) is 0 Å². The molecule has 0 aliphatic heterocycles. The largest absolute Gasteiger partial charge is 0.455 e. The van der Waals surface area contributed by atoms with Gasteiger partial charge in [0.1, 0.15) is 11.2 Å². The maximum atomic E-state index is 9.36. The van der Waals surface area contributed by atoms with E-state index in [4.69, 9.17) is 4.42 Å². The molecule has 1 heterocycles. The number of benzene rings is 3. The minimum atomic E-state index is 0.784. The van der Waals surface area contributed by atoms with Crippen LogP contribution in [0.2, 0.25) is 0 Å². The lowest BCUT2D eigenvalue weighted by atomic mass is 9.85. The van der Waals surface area contributed by atoms with Gasteiger partial charge in [-0.05, 0) is 23.0 Å². The molecule has 1 radical (unpaired) electrons. The van der Waals surface area contributed by atoms with Crippen molar-refractivity contribution in [3.05, 3.63) is 54.6 Å². The van der Waals surface area contributed by atoms with Gasteiger partial charge < -0.3 is 9.44 Å². The SMILES string of the molecule is O[B]c1cccc2oc3c4ccccc4ccc3c12. The van der Waals surface area contributed by atoms with Crippen molar-refractivity contribution in [2.75, 3.05) is 0 Å². The molecule has 89 valence electrons. The minimum Gasteiger partial charge on any atom is -0.455 e. The summed E-state index contributed by atoms with van der Waals surface area (Å²) in [5.74, 6) is 0. The summed E-state index contributed by atoms with van der Waals surface area (Å²) >= 11 is 0. The fourth-order valence-electron chi connectivity index (χ4n) is 2.69. The smallest absolute Gasteiger partial charge is 0.327 e. The summed E-state index contributed by atoms with van der Waals surface area (Å²) in [5, 5.41) is 13.6. The molecule has 0 bridgehead atoms. The average Bonchev–Trinajstić information content (AvgIpc) is 2.86. The van der Waals surface area contributed by atoms with Crippen molar-refractivity contribution in [1.29, 1.82) is 0 Å². The molecule has 0 spiro atoms. The molecule has 1 aromatic heterocycles. The molecule has 4 rings (SSSR count). The molecular formula is C16H10BO2. The zero-order valence-corrected chi connectivity index (χ0v) is 10.1. The molecule has 0 fully saturated rings. The lowest BCUT2D eigenvalue weighted by Gasteiger charge is -1.98. The molecule has 4 aromatic rings. The molecule has 0 unspecified atom stereocenters. The highest BCUT2D eigenvalue weighted by Gasteiger charge is 2.12.